The third kappa shape index (κ3) is 6.46. The maximum Gasteiger partial charge on any atom is 0.173 e. The van der Waals surface area contributed by atoms with Gasteiger partial charge in [0.25, 0.3) is 0 Å². The molecule has 3 N–H and O–H groups in total. The first-order chi connectivity index (χ1) is 13.2. The largest absolute Gasteiger partial charge is 0.361 e. The van der Waals surface area contributed by atoms with Gasteiger partial charge in [-0.2, -0.15) is 0 Å². The third-order valence-electron chi connectivity index (χ3n) is 4.43. The molecule has 0 bridgehead atoms. The molecule has 0 saturated carbocycles. The zero-order chi connectivity index (χ0) is 18.9. The van der Waals surface area contributed by atoms with Crippen LogP contribution in [0.2, 0.25) is 0 Å². The number of nitrogens with zero attached hydrogens (tertiary/aromatic N) is 2. The molecular formula is C20H25N5S2. The molecular weight excluding hydrogens is 374 g/mol. The number of hydrogen-bond donors (Lipinski definition) is 3. The Bertz CT molecular complexity index is 728. The van der Waals surface area contributed by atoms with Crippen LogP contribution in [0.1, 0.15) is 0 Å². The molecule has 0 spiro atoms. The molecule has 0 unspecified atom stereocenters. The van der Waals surface area contributed by atoms with E-state index in [0.29, 0.717) is 5.11 Å². The summed E-state index contributed by atoms with van der Waals surface area (Å²) in [5.74, 6) is 0. The predicted molar refractivity (Wildman–Crippen MR) is 121 cm³/mol. The summed E-state index contributed by atoms with van der Waals surface area (Å²) in [7, 11) is 0. The molecule has 2 aromatic rings. The molecule has 7 heteroatoms. The molecule has 5 nitrogen and oxygen atoms in total. The van der Waals surface area contributed by atoms with Gasteiger partial charge in [-0.25, -0.2) is 0 Å². The average Bonchev–Trinajstić information content (AvgIpc) is 2.70. The average molecular weight is 400 g/mol. The zero-order valence-electron chi connectivity index (χ0n) is 15.2. The van der Waals surface area contributed by atoms with Crippen molar-refractivity contribution in [1.29, 1.82) is 0 Å². The monoisotopic (exact) mass is 399 g/mol. The van der Waals surface area contributed by atoms with Gasteiger partial charge in [-0.3, -0.25) is 4.90 Å². The lowest BCUT2D eigenvalue weighted by molar-refractivity contribution is 0.186. The summed E-state index contributed by atoms with van der Waals surface area (Å²) in [6.45, 7) is 5.65. The molecule has 0 aromatic heterocycles. The van der Waals surface area contributed by atoms with E-state index in [1.54, 1.807) is 0 Å². The highest BCUT2D eigenvalue weighted by molar-refractivity contribution is 7.80. The minimum absolute atomic E-state index is 0.660. The fourth-order valence-electron chi connectivity index (χ4n) is 2.92. The smallest absolute Gasteiger partial charge is 0.173 e. The number of rotatable bonds is 5. The highest BCUT2D eigenvalue weighted by atomic mass is 32.1. The van der Waals surface area contributed by atoms with Gasteiger partial charge >= 0.3 is 0 Å². The Labute approximate surface area is 171 Å². The van der Waals surface area contributed by atoms with Crippen LogP contribution in [0.15, 0.2) is 60.7 Å². The van der Waals surface area contributed by atoms with Crippen LogP contribution >= 0.6 is 24.4 Å². The van der Waals surface area contributed by atoms with Crippen LogP contribution < -0.4 is 16.0 Å². The minimum atomic E-state index is 0.660. The van der Waals surface area contributed by atoms with Crippen LogP contribution in [0.4, 0.5) is 11.4 Å². The predicted octanol–water partition coefficient (Wildman–Crippen LogP) is 2.99. The van der Waals surface area contributed by atoms with E-state index in [1.165, 1.54) is 0 Å². The van der Waals surface area contributed by atoms with Crippen molar-refractivity contribution in [3.8, 4) is 0 Å². The van der Waals surface area contributed by atoms with Gasteiger partial charge in [-0.1, -0.05) is 36.4 Å². The van der Waals surface area contributed by atoms with E-state index >= 15 is 0 Å². The number of nitrogens with one attached hydrogen (secondary N) is 3. The van der Waals surface area contributed by atoms with Crippen molar-refractivity contribution >= 4 is 46.0 Å². The van der Waals surface area contributed by atoms with E-state index in [9.17, 15) is 0 Å². The Balaban J connectivity index is 1.32. The van der Waals surface area contributed by atoms with Crippen LogP contribution in [0.25, 0.3) is 0 Å². The first-order valence-electron chi connectivity index (χ1n) is 9.14. The maximum absolute atomic E-state index is 5.54. The number of hydrogen-bond acceptors (Lipinski definition) is 3. The molecule has 1 aliphatic rings. The summed E-state index contributed by atoms with van der Waals surface area (Å²) in [5, 5.41) is 11.2. The van der Waals surface area contributed by atoms with Gasteiger partial charge in [0.15, 0.2) is 10.2 Å². The second kappa shape index (κ2) is 10.2. The summed E-state index contributed by atoms with van der Waals surface area (Å²) >= 11 is 10.9. The molecule has 1 heterocycles. The molecule has 0 amide bonds. The molecule has 0 atom stereocenters. The lowest BCUT2D eigenvalue weighted by Crippen LogP contribution is -2.51. The molecule has 2 aromatic carbocycles. The summed E-state index contributed by atoms with van der Waals surface area (Å²) < 4.78 is 0. The summed E-state index contributed by atoms with van der Waals surface area (Å²) in [4.78, 5) is 4.66. The fraction of sp³-hybridized carbons (Fsp3) is 0.300. The standard InChI is InChI=1S/C20H25N5S2/c26-19(22-17-7-3-1-4-8-17)21-11-12-24-13-15-25(16-14-24)20(27)23-18-9-5-2-6-10-18/h1-10H,11-16H2,(H,23,27)(H2,21,22,26). The molecule has 1 aliphatic heterocycles. The molecule has 27 heavy (non-hydrogen) atoms. The minimum Gasteiger partial charge on any atom is -0.361 e. The maximum atomic E-state index is 5.54. The Hall–Kier alpha value is -2.22. The van der Waals surface area contributed by atoms with Crippen molar-refractivity contribution in [3.05, 3.63) is 60.7 Å². The van der Waals surface area contributed by atoms with Gasteiger partial charge < -0.3 is 20.9 Å². The molecule has 3 rings (SSSR count). The first kappa shape index (κ1) is 19.5. The molecule has 0 radical (unpaired) electrons. The Kier molecular flexibility index (Phi) is 7.38. The van der Waals surface area contributed by atoms with Crippen LogP contribution in [0.5, 0.6) is 0 Å². The van der Waals surface area contributed by atoms with Gasteiger partial charge in [0.1, 0.15) is 0 Å². The molecule has 0 aliphatic carbocycles. The fourth-order valence-corrected chi connectivity index (χ4v) is 3.44. The van der Waals surface area contributed by atoms with Gasteiger partial charge in [0.05, 0.1) is 0 Å². The molecule has 1 fully saturated rings. The second-order valence-corrected chi connectivity index (χ2v) is 7.17. The van der Waals surface area contributed by atoms with Crippen LogP contribution in [-0.2, 0) is 0 Å². The Morgan fingerprint density at radius 1 is 0.778 bits per heavy atom. The normalized spacial score (nSPS) is 14.4. The molecule has 1 saturated heterocycles. The number of piperazine rings is 1. The SMILES string of the molecule is S=C(NCCN1CCN(C(=S)Nc2ccccc2)CC1)Nc1ccccc1. The van der Waals surface area contributed by atoms with Gasteiger partial charge in [0.2, 0.25) is 0 Å². The van der Waals surface area contributed by atoms with Crippen molar-refractivity contribution in [1.82, 2.24) is 15.1 Å². The number of anilines is 2. The number of benzene rings is 2. The summed E-state index contributed by atoms with van der Waals surface area (Å²) in [5.41, 5.74) is 2.04. The first-order valence-corrected chi connectivity index (χ1v) is 9.95. The van der Waals surface area contributed by atoms with Gasteiger partial charge in [-0.05, 0) is 48.7 Å². The van der Waals surface area contributed by atoms with Crippen LogP contribution in [-0.4, -0.2) is 59.3 Å². The Morgan fingerprint density at radius 3 is 1.93 bits per heavy atom. The van der Waals surface area contributed by atoms with E-state index in [-0.39, 0.29) is 0 Å². The number of thiocarbonyl (C=S) groups is 2. The van der Waals surface area contributed by atoms with Crippen LogP contribution in [0, 0.1) is 0 Å². The lowest BCUT2D eigenvalue weighted by atomic mass is 10.3. The quantitative estimate of drug-likeness (QED) is 0.668. The third-order valence-corrected chi connectivity index (χ3v) is 5.04. The van der Waals surface area contributed by atoms with Gasteiger partial charge in [0, 0.05) is 50.6 Å². The topological polar surface area (TPSA) is 42.6 Å². The van der Waals surface area contributed by atoms with E-state index in [2.05, 4.69) is 25.8 Å². The van der Waals surface area contributed by atoms with Crippen molar-refractivity contribution < 1.29 is 0 Å². The summed E-state index contributed by atoms with van der Waals surface area (Å²) in [6.07, 6.45) is 0. The van der Waals surface area contributed by atoms with Crippen LogP contribution in [0.3, 0.4) is 0 Å². The lowest BCUT2D eigenvalue weighted by Gasteiger charge is -2.36. The molecule has 142 valence electrons. The zero-order valence-corrected chi connectivity index (χ0v) is 16.9. The van der Waals surface area contributed by atoms with Crippen molar-refractivity contribution in [3.63, 3.8) is 0 Å². The van der Waals surface area contributed by atoms with E-state index in [0.717, 1.165) is 55.8 Å². The van der Waals surface area contributed by atoms with Crippen molar-refractivity contribution in [2.75, 3.05) is 49.9 Å². The van der Waals surface area contributed by atoms with Crippen molar-refractivity contribution in [2.45, 2.75) is 0 Å². The highest BCUT2D eigenvalue weighted by Crippen LogP contribution is 2.09. The van der Waals surface area contributed by atoms with E-state index < -0.39 is 0 Å². The highest BCUT2D eigenvalue weighted by Gasteiger charge is 2.18. The van der Waals surface area contributed by atoms with Crippen molar-refractivity contribution in [2.24, 2.45) is 0 Å². The second-order valence-electron chi connectivity index (χ2n) is 6.37. The Morgan fingerprint density at radius 2 is 1.33 bits per heavy atom. The van der Waals surface area contributed by atoms with E-state index in [1.807, 2.05) is 60.7 Å². The summed E-state index contributed by atoms with van der Waals surface area (Å²) in [6, 6.07) is 20.0. The number of para-hydroxylation sites is 2. The van der Waals surface area contributed by atoms with Gasteiger partial charge in [-0.15, -0.1) is 0 Å². The van der Waals surface area contributed by atoms with E-state index in [4.69, 9.17) is 24.4 Å².